The van der Waals surface area contributed by atoms with Crippen LogP contribution in [0.5, 0.6) is 5.75 Å². The largest absolute Gasteiger partial charge is 0.494 e. The maximum absolute atomic E-state index is 12.3. The van der Waals surface area contributed by atoms with E-state index >= 15 is 0 Å². The number of ether oxygens (including phenoxy) is 1. The molecule has 1 amide bonds. The smallest absolute Gasteiger partial charge is 0.263 e. The molecule has 0 fully saturated rings. The van der Waals surface area contributed by atoms with Crippen LogP contribution in [0.15, 0.2) is 24.3 Å². The van der Waals surface area contributed by atoms with Crippen molar-refractivity contribution in [3.63, 3.8) is 0 Å². The van der Waals surface area contributed by atoms with Crippen molar-refractivity contribution in [2.24, 2.45) is 5.73 Å². The lowest BCUT2D eigenvalue weighted by molar-refractivity contribution is 0.0954. The third-order valence-electron chi connectivity index (χ3n) is 3.46. The highest BCUT2D eigenvalue weighted by Crippen LogP contribution is 2.29. The van der Waals surface area contributed by atoms with Crippen LogP contribution in [0.4, 0.5) is 0 Å². The third-order valence-corrected chi connectivity index (χ3v) is 4.67. The molecule has 1 atom stereocenters. The molecule has 0 radical (unpaired) electrons. The van der Waals surface area contributed by atoms with Crippen LogP contribution in [0, 0.1) is 6.92 Å². The Morgan fingerprint density at radius 3 is 2.65 bits per heavy atom. The molecule has 23 heavy (non-hydrogen) atoms. The minimum absolute atomic E-state index is 0.0160. The first-order valence-corrected chi connectivity index (χ1v) is 8.61. The Bertz CT molecular complexity index is 652. The van der Waals surface area contributed by atoms with Gasteiger partial charge in [0.15, 0.2) is 0 Å². The molecule has 3 N–H and O–H groups in total. The topological polar surface area (TPSA) is 77.2 Å². The summed E-state index contributed by atoms with van der Waals surface area (Å²) in [6.07, 6.45) is 0.833. The lowest BCUT2D eigenvalue weighted by atomic mass is 10.2. The predicted octanol–water partition coefficient (Wildman–Crippen LogP) is 2.98. The summed E-state index contributed by atoms with van der Waals surface area (Å²) in [6, 6.07) is 7.72. The van der Waals surface area contributed by atoms with Crippen molar-refractivity contribution in [1.29, 1.82) is 0 Å². The molecule has 0 spiro atoms. The van der Waals surface area contributed by atoms with Gasteiger partial charge in [-0.2, -0.15) is 0 Å². The van der Waals surface area contributed by atoms with Gasteiger partial charge in [-0.15, -0.1) is 11.3 Å². The fraction of sp³-hybridized carbons (Fsp3) is 0.412. The van der Waals surface area contributed by atoms with E-state index in [-0.39, 0.29) is 11.9 Å². The summed E-state index contributed by atoms with van der Waals surface area (Å²) in [4.78, 5) is 17.4. The van der Waals surface area contributed by atoms with Gasteiger partial charge in [0.25, 0.3) is 5.91 Å². The van der Waals surface area contributed by atoms with E-state index < -0.39 is 0 Å². The van der Waals surface area contributed by atoms with Crippen molar-refractivity contribution in [1.82, 2.24) is 10.3 Å². The Kier molecular flexibility index (Phi) is 6.12. The summed E-state index contributed by atoms with van der Waals surface area (Å²) in [5.74, 6) is 0.720. The first-order valence-electron chi connectivity index (χ1n) is 7.79. The molecular formula is C17H23N3O2S. The first kappa shape index (κ1) is 17.4. The summed E-state index contributed by atoms with van der Waals surface area (Å²) in [6.45, 7) is 6.92. The number of nitrogens with one attached hydrogen (secondary N) is 1. The molecule has 1 heterocycles. The van der Waals surface area contributed by atoms with Crippen LogP contribution in [0.3, 0.4) is 0 Å². The second kappa shape index (κ2) is 8.08. The monoisotopic (exact) mass is 333 g/mol. The Balaban J connectivity index is 2.12. The highest BCUT2D eigenvalue weighted by molar-refractivity contribution is 7.17. The first-order chi connectivity index (χ1) is 11.0. The number of amides is 1. The quantitative estimate of drug-likeness (QED) is 0.816. The Hall–Kier alpha value is -1.92. The Morgan fingerprint density at radius 2 is 2.04 bits per heavy atom. The van der Waals surface area contributed by atoms with Crippen molar-refractivity contribution in [3.05, 3.63) is 34.8 Å². The van der Waals surface area contributed by atoms with Gasteiger partial charge in [-0.1, -0.05) is 6.92 Å². The summed E-state index contributed by atoms with van der Waals surface area (Å²) in [7, 11) is 0. The molecule has 0 saturated carbocycles. The molecule has 0 aliphatic rings. The van der Waals surface area contributed by atoms with E-state index in [0.717, 1.165) is 28.4 Å². The number of hydrogen-bond donors (Lipinski definition) is 2. The van der Waals surface area contributed by atoms with E-state index in [2.05, 4.69) is 10.3 Å². The van der Waals surface area contributed by atoms with Crippen LogP contribution in [0.2, 0.25) is 0 Å². The fourth-order valence-electron chi connectivity index (χ4n) is 2.04. The number of hydrogen-bond acceptors (Lipinski definition) is 5. The van der Waals surface area contributed by atoms with Gasteiger partial charge in [0, 0.05) is 18.2 Å². The number of aromatic nitrogens is 1. The van der Waals surface area contributed by atoms with Crippen molar-refractivity contribution in [2.45, 2.75) is 33.2 Å². The van der Waals surface area contributed by atoms with Crippen LogP contribution in [0.25, 0.3) is 10.6 Å². The number of carbonyl (C=O) groups excluding carboxylic acids is 1. The van der Waals surface area contributed by atoms with Crippen molar-refractivity contribution in [3.8, 4) is 16.3 Å². The molecule has 1 aromatic heterocycles. The van der Waals surface area contributed by atoms with Crippen molar-refractivity contribution in [2.75, 3.05) is 13.2 Å². The number of carbonyl (C=O) groups is 1. The summed E-state index contributed by atoms with van der Waals surface area (Å²) in [5.41, 5.74) is 7.55. The zero-order chi connectivity index (χ0) is 16.8. The van der Waals surface area contributed by atoms with Gasteiger partial charge in [-0.05, 0) is 44.5 Å². The lowest BCUT2D eigenvalue weighted by Crippen LogP contribution is -2.36. The molecule has 2 aromatic rings. The normalized spacial score (nSPS) is 12.0. The summed E-state index contributed by atoms with van der Waals surface area (Å²) in [5, 5.41) is 3.70. The van der Waals surface area contributed by atoms with Crippen molar-refractivity contribution >= 4 is 17.2 Å². The fourth-order valence-corrected chi connectivity index (χ4v) is 3.03. The molecule has 0 aliphatic carbocycles. The molecule has 0 aliphatic heterocycles. The Labute approximate surface area is 140 Å². The van der Waals surface area contributed by atoms with Gasteiger partial charge in [0.05, 0.1) is 12.3 Å². The molecule has 1 aromatic carbocycles. The van der Waals surface area contributed by atoms with Crippen LogP contribution in [-0.2, 0) is 0 Å². The number of nitrogens with zero attached hydrogens (tertiary/aromatic N) is 1. The average molecular weight is 333 g/mol. The van der Waals surface area contributed by atoms with E-state index in [1.165, 1.54) is 11.3 Å². The summed E-state index contributed by atoms with van der Waals surface area (Å²) < 4.78 is 5.44. The second-order valence-corrected chi connectivity index (χ2v) is 6.27. The molecule has 0 saturated heterocycles. The number of benzene rings is 1. The van der Waals surface area contributed by atoms with Crippen LogP contribution >= 0.6 is 11.3 Å². The Morgan fingerprint density at radius 1 is 1.35 bits per heavy atom. The van der Waals surface area contributed by atoms with E-state index in [9.17, 15) is 4.79 Å². The van der Waals surface area contributed by atoms with E-state index in [0.29, 0.717) is 18.0 Å². The number of rotatable bonds is 7. The number of nitrogens with two attached hydrogens (primary N) is 1. The van der Waals surface area contributed by atoms with Crippen LogP contribution < -0.4 is 15.8 Å². The minimum atomic E-state index is -0.110. The van der Waals surface area contributed by atoms with E-state index in [1.54, 1.807) is 0 Å². The maximum Gasteiger partial charge on any atom is 0.263 e. The van der Waals surface area contributed by atoms with Gasteiger partial charge in [-0.3, -0.25) is 4.79 Å². The maximum atomic E-state index is 12.3. The zero-order valence-corrected chi connectivity index (χ0v) is 14.6. The van der Waals surface area contributed by atoms with E-state index in [1.807, 2.05) is 45.0 Å². The highest BCUT2D eigenvalue weighted by atomic mass is 32.1. The minimum Gasteiger partial charge on any atom is -0.494 e. The van der Waals surface area contributed by atoms with Gasteiger partial charge in [0.2, 0.25) is 0 Å². The highest BCUT2D eigenvalue weighted by Gasteiger charge is 2.16. The van der Waals surface area contributed by atoms with Gasteiger partial charge in [0.1, 0.15) is 15.6 Å². The van der Waals surface area contributed by atoms with Crippen LogP contribution in [0.1, 0.15) is 35.6 Å². The second-order valence-electron chi connectivity index (χ2n) is 5.27. The predicted molar refractivity (Wildman–Crippen MR) is 94.1 cm³/mol. The van der Waals surface area contributed by atoms with Crippen LogP contribution in [-0.4, -0.2) is 30.1 Å². The average Bonchev–Trinajstić information content (AvgIpc) is 2.95. The van der Waals surface area contributed by atoms with E-state index in [4.69, 9.17) is 10.5 Å². The molecular weight excluding hydrogens is 310 g/mol. The number of thiazole rings is 1. The van der Waals surface area contributed by atoms with Gasteiger partial charge in [-0.25, -0.2) is 4.98 Å². The molecule has 5 nitrogen and oxygen atoms in total. The zero-order valence-electron chi connectivity index (χ0n) is 13.8. The molecule has 124 valence electrons. The molecule has 1 unspecified atom stereocenters. The molecule has 0 bridgehead atoms. The lowest BCUT2D eigenvalue weighted by Gasteiger charge is -2.09. The third kappa shape index (κ3) is 4.53. The van der Waals surface area contributed by atoms with Crippen molar-refractivity contribution < 1.29 is 9.53 Å². The standard InChI is InChI=1S/C17H23N3O2S/c1-4-13(18)10-19-16(21)15-11(3)20-17(23-15)12-6-8-14(9-7-12)22-5-2/h6-9,13H,4-5,10,18H2,1-3H3,(H,19,21). The SMILES string of the molecule is CCOc1ccc(-c2nc(C)c(C(=O)NCC(N)CC)s2)cc1. The molecule has 2 rings (SSSR count). The summed E-state index contributed by atoms with van der Waals surface area (Å²) >= 11 is 1.39. The van der Waals surface area contributed by atoms with Gasteiger partial charge >= 0.3 is 0 Å². The molecule has 6 heteroatoms. The number of aryl methyl sites for hydroxylation is 1. The van der Waals surface area contributed by atoms with Gasteiger partial charge < -0.3 is 15.8 Å².